The van der Waals surface area contributed by atoms with Gasteiger partial charge in [0, 0.05) is 29.8 Å². The van der Waals surface area contributed by atoms with Gasteiger partial charge >= 0.3 is 5.97 Å². The van der Waals surface area contributed by atoms with Gasteiger partial charge in [-0.1, -0.05) is 17.7 Å². The molecular formula is C15H18ClNO3. The number of nitrogens with zero attached hydrogens (tertiary/aromatic N) is 1. The lowest BCUT2D eigenvalue weighted by Gasteiger charge is -2.07. The Hall–Kier alpha value is -1.52. The van der Waals surface area contributed by atoms with Crippen LogP contribution < -0.4 is 0 Å². The number of aryl methyl sites for hydroxylation is 2. The molecule has 20 heavy (non-hydrogen) atoms. The SMILES string of the molecule is COC(=O)Cc1cn(CCCO)c2c(C)c(Cl)ccc12. The van der Waals surface area contributed by atoms with Gasteiger partial charge in [-0.3, -0.25) is 4.79 Å². The first-order chi connectivity index (χ1) is 9.58. The van der Waals surface area contributed by atoms with Gasteiger partial charge in [0.25, 0.3) is 0 Å². The van der Waals surface area contributed by atoms with Gasteiger partial charge in [-0.25, -0.2) is 0 Å². The van der Waals surface area contributed by atoms with Crippen LogP contribution in [-0.4, -0.2) is 29.4 Å². The van der Waals surface area contributed by atoms with E-state index in [-0.39, 0.29) is 19.0 Å². The van der Waals surface area contributed by atoms with Crippen LogP contribution in [-0.2, 0) is 22.5 Å². The molecule has 0 aliphatic heterocycles. The molecule has 108 valence electrons. The Morgan fingerprint density at radius 3 is 2.85 bits per heavy atom. The maximum absolute atomic E-state index is 11.5. The number of aromatic nitrogens is 1. The molecule has 0 amide bonds. The van der Waals surface area contributed by atoms with Crippen molar-refractivity contribution in [3.05, 3.63) is 34.5 Å². The molecule has 0 saturated carbocycles. The van der Waals surface area contributed by atoms with Gasteiger partial charge in [0.05, 0.1) is 19.0 Å². The molecular weight excluding hydrogens is 278 g/mol. The van der Waals surface area contributed by atoms with Crippen molar-refractivity contribution in [1.82, 2.24) is 4.57 Å². The van der Waals surface area contributed by atoms with Crippen molar-refractivity contribution in [3.63, 3.8) is 0 Å². The van der Waals surface area contributed by atoms with Crippen LogP contribution in [0.5, 0.6) is 0 Å². The van der Waals surface area contributed by atoms with E-state index in [0.717, 1.165) is 22.0 Å². The van der Waals surface area contributed by atoms with Crippen LogP contribution in [0.15, 0.2) is 18.3 Å². The molecule has 0 bridgehead atoms. The Balaban J connectivity index is 2.54. The molecule has 1 aromatic heterocycles. The monoisotopic (exact) mass is 295 g/mol. The molecule has 0 saturated heterocycles. The second-order valence-corrected chi connectivity index (χ2v) is 5.15. The van der Waals surface area contributed by atoms with Crippen molar-refractivity contribution in [2.75, 3.05) is 13.7 Å². The third kappa shape index (κ3) is 2.81. The highest BCUT2D eigenvalue weighted by Gasteiger charge is 2.15. The molecule has 4 nitrogen and oxygen atoms in total. The molecule has 2 aromatic rings. The fourth-order valence-electron chi connectivity index (χ4n) is 2.41. The third-order valence-corrected chi connectivity index (χ3v) is 3.84. The number of fused-ring (bicyclic) bond motifs is 1. The van der Waals surface area contributed by atoms with Gasteiger partial charge in [-0.15, -0.1) is 0 Å². The molecule has 5 heteroatoms. The van der Waals surface area contributed by atoms with E-state index in [2.05, 4.69) is 0 Å². The number of esters is 1. The summed E-state index contributed by atoms with van der Waals surface area (Å²) in [5.41, 5.74) is 2.92. The zero-order valence-electron chi connectivity index (χ0n) is 11.6. The fraction of sp³-hybridized carbons (Fsp3) is 0.400. The fourth-order valence-corrected chi connectivity index (χ4v) is 2.57. The first kappa shape index (κ1) is 14.9. The molecule has 1 aromatic carbocycles. The van der Waals surface area contributed by atoms with Crippen molar-refractivity contribution in [3.8, 4) is 0 Å². The summed E-state index contributed by atoms with van der Waals surface area (Å²) >= 11 is 6.18. The number of carbonyl (C=O) groups excluding carboxylic acids is 1. The van der Waals surface area contributed by atoms with Crippen molar-refractivity contribution in [1.29, 1.82) is 0 Å². The van der Waals surface area contributed by atoms with E-state index in [0.29, 0.717) is 18.0 Å². The summed E-state index contributed by atoms with van der Waals surface area (Å²) in [7, 11) is 1.38. The predicted octanol–water partition coefficient (Wildman–Crippen LogP) is 2.70. The Labute approximate surface area is 122 Å². The maximum atomic E-state index is 11.5. The minimum Gasteiger partial charge on any atom is -0.469 e. The Morgan fingerprint density at radius 2 is 2.20 bits per heavy atom. The molecule has 0 spiro atoms. The molecule has 0 aliphatic carbocycles. The smallest absolute Gasteiger partial charge is 0.310 e. The van der Waals surface area contributed by atoms with Crippen molar-refractivity contribution < 1.29 is 14.6 Å². The number of aliphatic hydroxyl groups excluding tert-OH is 1. The Kier molecular flexibility index (Phi) is 4.68. The van der Waals surface area contributed by atoms with Crippen LogP contribution in [0.4, 0.5) is 0 Å². The zero-order valence-corrected chi connectivity index (χ0v) is 12.4. The van der Waals surface area contributed by atoms with Crippen LogP contribution >= 0.6 is 11.6 Å². The van der Waals surface area contributed by atoms with Crippen LogP contribution in [0.2, 0.25) is 5.02 Å². The molecule has 0 radical (unpaired) electrons. The van der Waals surface area contributed by atoms with Gasteiger partial charge in [-0.05, 0) is 30.5 Å². The highest BCUT2D eigenvalue weighted by atomic mass is 35.5. The second-order valence-electron chi connectivity index (χ2n) is 4.75. The van der Waals surface area contributed by atoms with Crippen LogP contribution in [0.1, 0.15) is 17.5 Å². The number of ether oxygens (including phenoxy) is 1. The molecule has 0 unspecified atom stereocenters. The summed E-state index contributed by atoms with van der Waals surface area (Å²) in [4.78, 5) is 11.5. The molecule has 0 fully saturated rings. The van der Waals surface area contributed by atoms with Gasteiger partial charge < -0.3 is 14.4 Å². The number of methoxy groups -OCH3 is 1. The second kappa shape index (κ2) is 6.29. The normalized spacial score (nSPS) is 11.0. The van der Waals surface area contributed by atoms with Gasteiger partial charge in [-0.2, -0.15) is 0 Å². The highest BCUT2D eigenvalue weighted by Crippen LogP contribution is 2.30. The molecule has 1 N–H and O–H groups in total. The minimum atomic E-state index is -0.265. The third-order valence-electron chi connectivity index (χ3n) is 3.43. The summed E-state index contributed by atoms with van der Waals surface area (Å²) in [6.45, 7) is 2.78. The number of carbonyl (C=O) groups is 1. The zero-order chi connectivity index (χ0) is 14.7. The van der Waals surface area contributed by atoms with E-state index < -0.39 is 0 Å². The summed E-state index contributed by atoms with van der Waals surface area (Å²) in [6, 6.07) is 3.77. The Morgan fingerprint density at radius 1 is 1.45 bits per heavy atom. The molecule has 2 rings (SSSR count). The van der Waals surface area contributed by atoms with E-state index in [1.54, 1.807) is 0 Å². The number of hydrogen-bond donors (Lipinski definition) is 1. The Bertz CT molecular complexity index is 634. The lowest BCUT2D eigenvalue weighted by Crippen LogP contribution is -2.04. The van der Waals surface area contributed by atoms with Crippen LogP contribution in [0.3, 0.4) is 0 Å². The average Bonchev–Trinajstić information content (AvgIpc) is 2.79. The summed E-state index contributed by atoms with van der Waals surface area (Å²) in [6.07, 6.45) is 2.84. The van der Waals surface area contributed by atoms with Gasteiger partial charge in [0.15, 0.2) is 0 Å². The standard InChI is InChI=1S/C15H18ClNO3/c1-10-13(16)5-4-12-11(8-14(19)20-2)9-17(15(10)12)6-3-7-18/h4-5,9,18H,3,6-8H2,1-2H3. The maximum Gasteiger partial charge on any atom is 0.310 e. The number of benzene rings is 1. The van der Waals surface area contributed by atoms with E-state index >= 15 is 0 Å². The van der Waals surface area contributed by atoms with E-state index in [1.807, 2.05) is 29.8 Å². The van der Waals surface area contributed by atoms with Crippen molar-refractivity contribution in [2.45, 2.75) is 26.3 Å². The lowest BCUT2D eigenvalue weighted by molar-refractivity contribution is -0.139. The van der Waals surface area contributed by atoms with Crippen molar-refractivity contribution in [2.24, 2.45) is 0 Å². The molecule has 0 atom stereocenters. The quantitative estimate of drug-likeness (QED) is 0.863. The van der Waals surface area contributed by atoms with E-state index in [9.17, 15) is 4.79 Å². The highest BCUT2D eigenvalue weighted by molar-refractivity contribution is 6.32. The first-order valence-electron chi connectivity index (χ1n) is 6.53. The number of halogens is 1. The predicted molar refractivity (Wildman–Crippen MR) is 79.1 cm³/mol. The summed E-state index contributed by atoms with van der Waals surface area (Å²) < 4.78 is 6.78. The van der Waals surface area contributed by atoms with Crippen LogP contribution in [0, 0.1) is 6.92 Å². The average molecular weight is 296 g/mol. The molecule has 0 aliphatic rings. The van der Waals surface area contributed by atoms with Gasteiger partial charge in [0.1, 0.15) is 0 Å². The van der Waals surface area contributed by atoms with Gasteiger partial charge in [0.2, 0.25) is 0 Å². The number of hydrogen-bond acceptors (Lipinski definition) is 3. The first-order valence-corrected chi connectivity index (χ1v) is 6.90. The minimum absolute atomic E-state index is 0.131. The van der Waals surface area contributed by atoms with E-state index in [1.165, 1.54) is 7.11 Å². The van der Waals surface area contributed by atoms with E-state index in [4.69, 9.17) is 21.4 Å². The van der Waals surface area contributed by atoms with Crippen molar-refractivity contribution >= 4 is 28.5 Å². The lowest BCUT2D eigenvalue weighted by atomic mass is 10.1. The van der Waals surface area contributed by atoms with Crippen LogP contribution in [0.25, 0.3) is 10.9 Å². The summed E-state index contributed by atoms with van der Waals surface area (Å²) in [5.74, 6) is -0.265. The number of rotatable bonds is 5. The topological polar surface area (TPSA) is 51.5 Å². The number of aliphatic hydroxyl groups is 1. The summed E-state index contributed by atoms with van der Waals surface area (Å²) in [5, 5.41) is 10.7. The molecule has 1 heterocycles. The largest absolute Gasteiger partial charge is 0.469 e.